The van der Waals surface area contributed by atoms with Gasteiger partial charge in [-0.1, -0.05) is 24.3 Å². The highest BCUT2D eigenvalue weighted by Gasteiger charge is 2.05. The van der Waals surface area contributed by atoms with Crippen LogP contribution in [0.25, 0.3) is 0 Å². The second-order valence-electron chi connectivity index (χ2n) is 5.84. The zero-order valence-corrected chi connectivity index (χ0v) is 14.8. The highest BCUT2D eigenvalue weighted by Crippen LogP contribution is 2.18. The zero-order valence-electron chi connectivity index (χ0n) is 14.8. The van der Waals surface area contributed by atoms with Gasteiger partial charge in [-0.05, 0) is 54.1 Å². The molecule has 0 aliphatic heterocycles. The normalized spacial score (nSPS) is 10.4. The molecule has 0 aliphatic carbocycles. The number of hydrogen-bond donors (Lipinski definition) is 1. The molecule has 138 valence electrons. The number of para-hydroxylation sites is 1. The number of ether oxygens (including phenoxy) is 1. The Morgan fingerprint density at radius 2 is 1.89 bits per heavy atom. The highest BCUT2D eigenvalue weighted by atomic mass is 19.1. The molecular weight excluding hydrogens is 357 g/mol. The first-order valence-electron chi connectivity index (χ1n) is 8.45. The fourth-order valence-corrected chi connectivity index (χ4v) is 2.44. The van der Waals surface area contributed by atoms with Gasteiger partial charge in [0.25, 0.3) is 5.91 Å². The molecule has 0 saturated heterocycles. The second kappa shape index (κ2) is 9.10. The predicted octanol–water partition coefficient (Wildman–Crippen LogP) is 4.04. The number of benzene rings is 3. The minimum absolute atomic E-state index is 0.294. The number of amides is 1. The number of nitrogens with one attached hydrogen (secondary N) is 1. The van der Waals surface area contributed by atoms with E-state index in [4.69, 9.17) is 10.00 Å². The van der Waals surface area contributed by atoms with E-state index in [9.17, 15) is 9.18 Å². The maximum absolute atomic E-state index is 12.9. The summed E-state index contributed by atoms with van der Waals surface area (Å²) in [5.74, 6) is -0.265. The Bertz CT molecular complexity index is 1040. The summed E-state index contributed by atoms with van der Waals surface area (Å²) in [6.45, 7) is 0.294. The molecule has 3 aromatic carbocycles. The third-order valence-corrected chi connectivity index (χ3v) is 3.85. The Kier molecular flexibility index (Phi) is 6.11. The molecule has 0 bridgehead atoms. The standard InChI is InChI=1S/C22H16FN3O2/c23-20-10-8-18(9-11-20)22(27)26-25-14-19-6-1-2-7-21(19)28-15-17-5-3-4-16(12-17)13-24/h1-12,14H,15H2,(H,26,27)/b25-14-. The number of nitrogens with zero attached hydrogens (tertiary/aromatic N) is 2. The van der Waals surface area contributed by atoms with Crippen LogP contribution in [-0.2, 0) is 6.61 Å². The van der Waals surface area contributed by atoms with E-state index < -0.39 is 11.7 Å². The minimum atomic E-state index is -0.442. The maximum atomic E-state index is 12.9. The van der Waals surface area contributed by atoms with Crippen LogP contribution in [0, 0.1) is 17.1 Å². The number of carbonyl (C=O) groups is 1. The van der Waals surface area contributed by atoms with Gasteiger partial charge in [0.1, 0.15) is 18.2 Å². The molecule has 3 rings (SSSR count). The van der Waals surface area contributed by atoms with E-state index in [0.717, 1.165) is 5.56 Å². The van der Waals surface area contributed by atoms with E-state index in [2.05, 4.69) is 16.6 Å². The summed E-state index contributed by atoms with van der Waals surface area (Å²) in [6, 6.07) is 21.7. The molecule has 0 aliphatic rings. The zero-order chi connectivity index (χ0) is 19.8. The Morgan fingerprint density at radius 1 is 1.11 bits per heavy atom. The van der Waals surface area contributed by atoms with Crippen LogP contribution in [0.3, 0.4) is 0 Å². The van der Waals surface area contributed by atoms with Crippen molar-refractivity contribution in [3.05, 3.63) is 101 Å². The quantitative estimate of drug-likeness (QED) is 0.523. The van der Waals surface area contributed by atoms with Crippen molar-refractivity contribution >= 4 is 12.1 Å². The fraction of sp³-hybridized carbons (Fsp3) is 0.0455. The van der Waals surface area contributed by atoms with Crippen LogP contribution in [-0.4, -0.2) is 12.1 Å². The van der Waals surface area contributed by atoms with Crippen LogP contribution in [0.15, 0.2) is 77.9 Å². The molecular formula is C22H16FN3O2. The minimum Gasteiger partial charge on any atom is -0.488 e. The van der Waals surface area contributed by atoms with Gasteiger partial charge < -0.3 is 4.74 Å². The van der Waals surface area contributed by atoms with Crippen LogP contribution in [0.5, 0.6) is 5.75 Å². The molecule has 0 heterocycles. The molecule has 3 aromatic rings. The first-order chi connectivity index (χ1) is 13.7. The summed E-state index contributed by atoms with van der Waals surface area (Å²) >= 11 is 0. The molecule has 28 heavy (non-hydrogen) atoms. The third-order valence-electron chi connectivity index (χ3n) is 3.85. The molecule has 1 N–H and O–H groups in total. The monoisotopic (exact) mass is 373 g/mol. The van der Waals surface area contributed by atoms with E-state index in [0.29, 0.717) is 29.0 Å². The molecule has 0 unspecified atom stereocenters. The van der Waals surface area contributed by atoms with Crippen molar-refractivity contribution in [2.75, 3.05) is 0 Å². The maximum Gasteiger partial charge on any atom is 0.271 e. The van der Waals surface area contributed by atoms with Gasteiger partial charge in [-0.15, -0.1) is 0 Å². The SMILES string of the molecule is N#Cc1cccc(COc2ccccc2/C=N\NC(=O)c2ccc(F)cc2)c1. The lowest BCUT2D eigenvalue weighted by Gasteiger charge is -2.09. The van der Waals surface area contributed by atoms with E-state index in [1.807, 2.05) is 18.2 Å². The molecule has 5 nitrogen and oxygen atoms in total. The lowest BCUT2D eigenvalue weighted by molar-refractivity contribution is 0.0955. The average molecular weight is 373 g/mol. The molecule has 6 heteroatoms. The van der Waals surface area contributed by atoms with Gasteiger partial charge in [0.15, 0.2) is 0 Å². The Balaban J connectivity index is 1.64. The lowest BCUT2D eigenvalue weighted by atomic mass is 10.1. The van der Waals surface area contributed by atoms with E-state index in [1.165, 1.54) is 30.5 Å². The molecule has 0 saturated carbocycles. The Morgan fingerprint density at radius 3 is 2.68 bits per heavy atom. The van der Waals surface area contributed by atoms with Crippen LogP contribution < -0.4 is 10.2 Å². The van der Waals surface area contributed by atoms with Crippen LogP contribution in [0.2, 0.25) is 0 Å². The highest BCUT2D eigenvalue weighted by molar-refractivity contribution is 5.95. The third kappa shape index (κ3) is 5.02. The van der Waals surface area contributed by atoms with Crippen LogP contribution in [0.4, 0.5) is 4.39 Å². The summed E-state index contributed by atoms with van der Waals surface area (Å²) in [4.78, 5) is 12.0. The van der Waals surface area contributed by atoms with Crippen molar-refractivity contribution in [1.29, 1.82) is 5.26 Å². The van der Waals surface area contributed by atoms with Gasteiger partial charge in [-0.3, -0.25) is 4.79 Å². The van der Waals surface area contributed by atoms with E-state index >= 15 is 0 Å². The number of hydrazone groups is 1. The first-order valence-corrected chi connectivity index (χ1v) is 8.45. The fourth-order valence-electron chi connectivity index (χ4n) is 2.44. The summed E-state index contributed by atoms with van der Waals surface area (Å²) in [6.07, 6.45) is 1.47. The average Bonchev–Trinajstić information content (AvgIpc) is 2.73. The van der Waals surface area contributed by atoms with Gasteiger partial charge in [0.05, 0.1) is 17.8 Å². The molecule has 0 fully saturated rings. The van der Waals surface area contributed by atoms with Crippen molar-refractivity contribution < 1.29 is 13.9 Å². The number of carbonyl (C=O) groups excluding carboxylic acids is 1. The van der Waals surface area contributed by atoms with Crippen molar-refractivity contribution in [2.24, 2.45) is 5.10 Å². The summed E-state index contributed by atoms with van der Waals surface area (Å²) in [5.41, 5.74) is 4.82. The number of nitriles is 1. The number of hydrogen-bond acceptors (Lipinski definition) is 4. The summed E-state index contributed by atoms with van der Waals surface area (Å²) < 4.78 is 18.7. The largest absolute Gasteiger partial charge is 0.488 e. The Labute approximate surface area is 161 Å². The van der Waals surface area contributed by atoms with E-state index in [-0.39, 0.29) is 0 Å². The van der Waals surface area contributed by atoms with Crippen LogP contribution >= 0.6 is 0 Å². The van der Waals surface area contributed by atoms with Crippen molar-refractivity contribution in [1.82, 2.24) is 5.43 Å². The second-order valence-corrected chi connectivity index (χ2v) is 5.84. The van der Waals surface area contributed by atoms with E-state index in [1.54, 1.807) is 30.3 Å². The number of halogens is 1. The lowest BCUT2D eigenvalue weighted by Crippen LogP contribution is -2.17. The summed E-state index contributed by atoms with van der Waals surface area (Å²) in [7, 11) is 0. The molecule has 0 aromatic heterocycles. The topological polar surface area (TPSA) is 74.5 Å². The van der Waals surface area contributed by atoms with Gasteiger partial charge in [0, 0.05) is 11.1 Å². The molecule has 0 atom stereocenters. The molecule has 0 radical (unpaired) electrons. The van der Waals surface area contributed by atoms with Gasteiger partial charge in [0.2, 0.25) is 0 Å². The van der Waals surface area contributed by atoms with Crippen molar-refractivity contribution in [3.8, 4) is 11.8 Å². The number of rotatable bonds is 6. The summed E-state index contributed by atoms with van der Waals surface area (Å²) in [5, 5.41) is 12.9. The smallest absolute Gasteiger partial charge is 0.271 e. The first kappa shape index (κ1) is 18.8. The predicted molar refractivity (Wildman–Crippen MR) is 103 cm³/mol. The van der Waals surface area contributed by atoms with Crippen molar-refractivity contribution in [2.45, 2.75) is 6.61 Å². The molecule has 1 amide bonds. The Hall–Kier alpha value is -3.98. The van der Waals surface area contributed by atoms with Gasteiger partial charge >= 0.3 is 0 Å². The molecule has 0 spiro atoms. The van der Waals surface area contributed by atoms with Gasteiger partial charge in [-0.2, -0.15) is 10.4 Å². The van der Waals surface area contributed by atoms with Gasteiger partial charge in [-0.25, -0.2) is 9.82 Å². The van der Waals surface area contributed by atoms with Crippen LogP contribution in [0.1, 0.15) is 27.0 Å². The van der Waals surface area contributed by atoms with Crippen molar-refractivity contribution in [3.63, 3.8) is 0 Å².